The minimum Gasteiger partial charge on any atom is -0.444 e. The fourth-order valence-electron chi connectivity index (χ4n) is 3.54. The molecule has 0 aromatic rings. The standard InChI is InChI=1S/C16H30FN3O2/c1-12-14(20-9-8-18(5)11-13(20)10-17)6-7-19(12)15(21)22-16(2,3)4/h12-14H,6-11H2,1-5H3/t12-,13+,14-/m0/s1. The molecule has 2 heterocycles. The van der Waals surface area contributed by atoms with Gasteiger partial charge >= 0.3 is 6.09 Å². The first-order chi connectivity index (χ1) is 10.2. The molecular formula is C16H30FN3O2. The quantitative estimate of drug-likeness (QED) is 0.780. The number of rotatable bonds is 2. The average Bonchev–Trinajstić information content (AvgIpc) is 2.78. The first-order valence-corrected chi connectivity index (χ1v) is 8.23. The Kier molecular flexibility index (Phi) is 5.33. The summed E-state index contributed by atoms with van der Waals surface area (Å²) in [6.45, 7) is 10.6. The van der Waals surface area contributed by atoms with Crippen LogP contribution in [0, 0.1) is 0 Å². The number of hydrogen-bond acceptors (Lipinski definition) is 4. The van der Waals surface area contributed by atoms with E-state index in [-0.39, 0.29) is 30.9 Å². The SMILES string of the molecule is C[C@H]1[C@@H](N2CCN(C)C[C@H]2CF)CCN1C(=O)OC(C)(C)C. The molecule has 1 amide bonds. The van der Waals surface area contributed by atoms with Crippen LogP contribution in [0.25, 0.3) is 0 Å². The van der Waals surface area contributed by atoms with Crippen molar-refractivity contribution in [2.75, 3.05) is 39.9 Å². The summed E-state index contributed by atoms with van der Waals surface area (Å²) in [5.74, 6) is 0. The first-order valence-electron chi connectivity index (χ1n) is 8.23. The number of ether oxygens (including phenoxy) is 1. The van der Waals surface area contributed by atoms with E-state index in [9.17, 15) is 9.18 Å². The minimum absolute atomic E-state index is 0.0623. The van der Waals surface area contributed by atoms with Crippen LogP contribution in [0.5, 0.6) is 0 Å². The third-order valence-electron chi connectivity index (χ3n) is 4.68. The van der Waals surface area contributed by atoms with Crippen LogP contribution in [0.15, 0.2) is 0 Å². The predicted molar refractivity (Wildman–Crippen MR) is 84.8 cm³/mol. The zero-order valence-electron chi connectivity index (χ0n) is 14.5. The third-order valence-corrected chi connectivity index (χ3v) is 4.68. The summed E-state index contributed by atoms with van der Waals surface area (Å²) in [6.07, 6.45) is 0.633. The van der Waals surface area contributed by atoms with Crippen molar-refractivity contribution in [3.63, 3.8) is 0 Å². The lowest BCUT2D eigenvalue weighted by atomic mass is 10.0. The van der Waals surface area contributed by atoms with Crippen LogP contribution in [0.4, 0.5) is 9.18 Å². The molecule has 6 heteroatoms. The summed E-state index contributed by atoms with van der Waals surface area (Å²) < 4.78 is 18.9. The molecule has 0 aromatic heterocycles. The number of amides is 1. The largest absolute Gasteiger partial charge is 0.444 e. The molecule has 2 rings (SSSR count). The van der Waals surface area contributed by atoms with Crippen molar-refractivity contribution in [3.05, 3.63) is 0 Å². The average molecular weight is 315 g/mol. The molecule has 0 aliphatic carbocycles. The summed E-state index contributed by atoms with van der Waals surface area (Å²) in [6, 6.07) is 0.221. The van der Waals surface area contributed by atoms with Crippen LogP contribution >= 0.6 is 0 Å². The molecule has 2 fully saturated rings. The smallest absolute Gasteiger partial charge is 0.410 e. The molecule has 3 atom stereocenters. The lowest BCUT2D eigenvalue weighted by molar-refractivity contribution is 0.00808. The number of hydrogen-bond donors (Lipinski definition) is 0. The van der Waals surface area contributed by atoms with Crippen molar-refractivity contribution >= 4 is 6.09 Å². The number of halogens is 1. The van der Waals surface area contributed by atoms with Gasteiger partial charge in [0.05, 0.1) is 6.04 Å². The van der Waals surface area contributed by atoms with Gasteiger partial charge in [0.25, 0.3) is 0 Å². The van der Waals surface area contributed by atoms with E-state index < -0.39 is 5.60 Å². The van der Waals surface area contributed by atoms with Gasteiger partial charge in [0.15, 0.2) is 0 Å². The van der Waals surface area contributed by atoms with Gasteiger partial charge in [0.1, 0.15) is 12.3 Å². The van der Waals surface area contributed by atoms with Gasteiger partial charge in [-0.25, -0.2) is 9.18 Å². The van der Waals surface area contributed by atoms with E-state index >= 15 is 0 Å². The Morgan fingerprint density at radius 3 is 2.55 bits per heavy atom. The monoisotopic (exact) mass is 315 g/mol. The second kappa shape index (κ2) is 6.71. The Morgan fingerprint density at radius 1 is 1.27 bits per heavy atom. The Hall–Kier alpha value is -0.880. The van der Waals surface area contributed by atoms with Crippen LogP contribution in [-0.4, -0.2) is 84.4 Å². The fourth-order valence-corrected chi connectivity index (χ4v) is 3.54. The van der Waals surface area contributed by atoms with Crippen molar-refractivity contribution in [1.82, 2.24) is 14.7 Å². The lowest BCUT2D eigenvalue weighted by Crippen LogP contribution is -2.59. The molecule has 22 heavy (non-hydrogen) atoms. The molecule has 128 valence electrons. The van der Waals surface area contributed by atoms with E-state index in [1.807, 2.05) is 27.8 Å². The maximum absolute atomic E-state index is 13.4. The van der Waals surface area contributed by atoms with Gasteiger partial charge in [0.2, 0.25) is 0 Å². The molecule has 5 nitrogen and oxygen atoms in total. The summed E-state index contributed by atoms with van der Waals surface area (Å²) >= 11 is 0. The number of likely N-dealkylation sites (tertiary alicyclic amines) is 1. The van der Waals surface area contributed by atoms with Crippen molar-refractivity contribution in [2.45, 2.75) is 57.8 Å². The van der Waals surface area contributed by atoms with Gasteiger partial charge in [0, 0.05) is 38.3 Å². The highest BCUT2D eigenvalue weighted by molar-refractivity contribution is 5.69. The molecule has 0 unspecified atom stereocenters. The van der Waals surface area contributed by atoms with E-state index in [4.69, 9.17) is 4.74 Å². The molecule has 0 bridgehead atoms. The molecule has 0 spiro atoms. The van der Waals surface area contributed by atoms with E-state index in [0.29, 0.717) is 6.54 Å². The van der Waals surface area contributed by atoms with Crippen LogP contribution in [-0.2, 0) is 4.74 Å². The zero-order chi connectivity index (χ0) is 16.5. The second-order valence-electron chi connectivity index (χ2n) is 7.58. The molecule has 0 radical (unpaired) electrons. The van der Waals surface area contributed by atoms with E-state index in [1.165, 1.54) is 0 Å². The highest BCUT2D eigenvalue weighted by Crippen LogP contribution is 2.27. The number of alkyl halides is 1. The fraction of sp³-hybridized carbons (Fsp3) is 0.938. The Labute approximate surface area is 133 Å². The van der Waals surface area contributed by atoms with Crippen LogP contribution in [0.1, 0.15) is 34.1 Å². The van der Waals surface area contributed by atoms with Crippen LogP contribution in [0.2, 0.25) is 0 Å². The van der Waals surface area contributed by atoms with Crippen molar-refractivity contribution in [3.8, 4) is 0 Å². The maximum atomic E-state index is 13.4. The summed E-state index contributed by atoms with van der Waals surface area (Å²) in [5, 5.41) is 0. The first kappa shape index (κ1) is 17.5. The topological polar surface area (TPSA) is 36.0 Å². The molecule has 0 N–H and O–H groups in total. The molecule has 2 saturated heterocycles. The molecule has 2 aliphatic heterocycles. The zero-order valence-corrected chi connectivity index (χ0v) is 14.5. The van der Waals surface area contributed by atoms with E-state index in [0.717, 1.165) is 26.1 Å². The van der Waals surface area contributed by atoms with E-state index in [2.05, 4.69) is 16.7 Å². The lowest BCUT2D eigenvalue weighted by Gasteiger charge is -2.43. The number of likely N-dealkylation sites (N-methyl/N-ethyl adjacent to an activating group) is 1. The third kappa shape index (κ3) is 3.90. The van der Waals surface area contributed by atoms with Gasteiger partial charge in [-0.05, 0) is 41.2 Å². The van der Waals surface area contributed by atoms with Crippen LogP contribution in [0.3, 0.4) is 0 Å². The predicted octanol–water partition coefficient (Wildman–Crippen LogP) is 1.97. The number of carbonyl (C=O) groups is 1. The van der Waals surface area contributed by atoms with E-state index in [1.54, 1.807) is 4.90 Å². The maximum Gasteiger partial charge on any atom is 0.410 e. The molecular weight excluding hydrogens is 285 g/mol. The van der Waals surface area contributed by atoms with Gasteiger partial charge < -0.3 is 14.5 Å². The molecule has 0 aromatic carbocycles. The molecule has 0 saturated carbocycles. The highest BCUT2D eigenvalue weighted by atomic mass is 19.1. The normalized spacial score (nSPS) is 31.5. The van der Waals surface area contributed by atoms with Gasteiger partial charge in [-0.1, -0.05) is 0 Å². The second-order valence-corrected chi connectivity index (χ2v) is 7.58. The summed E-state index contributed by atoms with van der Waals surface area (Å²) in [4.78, 5) is 18.5. The Balaban J connectivity index is 2.01. The molecule has 2 aliphatic rings. The number of carbonyl (C=O) groups excluding carboxylic acids is 1. The van der Waals surface area contributed by atoms with Crippen LogP contribution < -0.4 is 0 Å². The van der Waals surface area contributed by atoms with Gasteiger partial charge in [-0.3, -0.25) is 4.90 Å². The highest BCUT2D eigenvalue weighted by Gasteiger charge is 2.42. The number of nitrogens with zero attached hydrogens (tertiary/aromatic N) is 3. The van der Waals surface area contributed by atoms with Crippen molar-refractivity contribution in [1.29, 1.82) is 0 Å². The summed E-state index contributed by atoms with van der Waals surface area (Å²) in [7, 11) is 2.03. The van der Waals surface area contributed by atoms with Gasteiger partial charge in [-0.2, -0.15) is 0 Å². The Morgan fingerprint density at radius 2 is 1.95 bits per heavy atom. The van der Waals surface area contributed by atoms with Crippen molar-refractivity contribution < 1.29 is 13.9 Å². The Bertz CT molecular complexity index is 399. The van der Waals surface area contributed by atoms with Crippen molar-refractivity contribution in [2.24, 2.45) is 0 Å². The summed E-state index contributed by atoms with van der Waals surface area (Å²) in [5.41, 5.74) is -0.482. The van der Waals surface area contributed by atoms with Gasteiger partial charge in [-0.15, -0.1) is 0 Å². The number of piperazine rings is 1. The minimum atomic E-state index is -0.482.